The van der Waals surface area contributed by atoms with Crippen molar-refractivity contribution in [3.63, 3.8) is 0 Å². The van der Waals surface area contributed by atoms with Crippen LogP contribution in [0.1, 0.15) is 27.2 Å². The zero-order valence-corrected chi connectivity index (χ0v) is 11.6. The fourth-order valence-corrected chi connectivity index (χ4v) is 2.70. The molecule has 0 bridgehead atoms. The van der Waals surface area contributed by atoms with Gasteiger partial charge in [0.05, 0.1) is 24.4 Å². The summed E-state index contributed by atoms with van der Waals surface area (Å²) in [5, 5.41) is 9.88. The molecule has 0 aromatic heterocycles. The SMILES string of the molecule is CC1(O)CCN(C(=O)CN2CCOC(C)(C)C2)C1. The standard InChI is InChI=1S/C13H24N2O3/c1-12(2)9-14(6-7-18-12)8-11(16)15-5-4-13(3,17)10-15/h17H,4-10H2,1-3H3. The summed E-state index contributed by atoms with van der Waals surface area (Å²) < 4.78 is 5.63. The highest BCUT2D eigenvalue weighted by Crippen LogP contribution is 2.21. The number of carbonyl (C=O) groups excluding carboxylic acids is 1. The molecular weight excluding hydrogens is 232 g/mol. The third-order valence-electron chi connectivity index (χ3n) is 3.67. The van der Waals surface area contributed by atoms with Crippen LogP contribution in [0.25, 0.3) is 0 Å². The summed E-state index contributed by atoms with van der Waals surface area (Å²) >= 11 is 0. The van der Waals surface area contributed by atoms with Gasteiger partial charge in [-0.15, -0.1) is 0 Å². The number of ether oxygens (including phenoxy) is 1. The maximum Gasteiger partial charge on any atom is 0.236 e. The first kappa shape index (κ1) is 13.8. The van der Waals surface area contributed by atoms with Crippen LogP contribution in [0.15, 0.2) is 0 Å². The highest BCUT2D eigenvalue weighted by atomic mass is 16.5. The van der Waals surface area contributed by atoms with Gasteiger partial charge in [-0.3, -0.25) is 9.69 Å². The summed E-state index contributed by atoms with van der Waals surface area (Å²) in [6, 6.07) is 0. The van der Waals surface area contributed by atoms with Gasteiger partial charge in [-0.25, -0.2) is 0 Å². The molecule has 0 aromatic rings. The minimum Gasteiger partial charge on any atom is -0.388 e. The van der Waals surface area contributed by atoms with E-state index in [4.69, 9.17) is 4.74 Å². The van der Waals surface area contributed by atoms with Crippen molar-refractivity contribution < 1.29 is 14.6 Å². The Morgan fingerprint density at radius 2 is 2.00 bits per heavy atom. The molecule has 2 heterocycles. The zero-order chi connectivity index (χ0) is 13.4. The average molecular weight is 256 g/mol. The highest BCUT2D eigenvalue weighted by molar-refractivity contribution is 5.78. The van der Waals surface area contributed by atoms with Gasteiger partial charge in [-0.1, -0.05) is 0 Å². The van der Waals surface area contributed by atoms with E-state index in [-0.39, 0.29) is 11.5 Å². The molecule has 2 rings (SSSR count). The summed E-state index contributed by atoms with van der Waals surface area (Å²) in [6.45, 7) is 9.70. The van der Waals surface area contributed by atoms with Crippen molar-refractivity contribution >= 4 is 5.91 Å². The van der Waals surface area contributed by atoms with Crippen molar-refractivity contribution in [2.75, 3.05) is 39.3 Å². The Labute approximate surface area is 109 Å². The van der Waals surface area contributed by atoms with Crippen molar-refractivity contribution in [2.45, 2.75) is 38.4 Å². The average Bonchev–Trinajstić information content (AvgIpc) is 2.57. The molecule has 0 aromatic carbocycles. The molecule has 5 nitrogen and oxygen atoms in total. The molecule has 2 aliphatic heterocycles. The number of morpholine rings is 1. The Balaban J connectivity index is 1.85. The zero-order valence-electron chi connectivity index (χ0n) is 11.6. The van der Waals surface area contributed by atoms with Gasteiger partial charge in [0, 0.05) is 26.2 Å². The quantitative estimate of drug-likeness (QED) is 0.760. The molecule has 1 amide bonds. The van der Waals surface area contributed by atoms with E-state index in [1.54, 1.807) is 11.8 Å². The van der Waals surface area contributed by atoms with Gasteiger partial charge in [0.1, 0.15) is 0 Å². The lowest BCUT2D eigenvalue weighted by Gasteiger charge is -2.38. The van der Waals surface area contributed by atoms with Crippen molar-refractivity contribution in [2.24, 2.45) is 0 Å². The van der Waals surface area contributed by atoms with E-state index in [1.807, 2.05) is 13.8 Å². The maximum atomic E-state index is 12.1. The molecule has 0 spiro atoms. The predicted molar refractivity (Wildman–Crippen MR) is 68.3 cm³/mol. The molecule has 0 radical (unpaired) electrons. The Hall–Kier alpha value is -0.650. The summed E-state index contributed by atoms with van der Waals surface area (Å²) in [4.78, 5) is 16.0. The van der Waals surface area contributed by atoms with Crippen molar-refractivity contribution in [1.29, 1.82) is 0 Å². The Morgan fingerprint density at radius 1 is 1.28 bits per heavy atom. The van der Waals surface area contributed by atoms with Crippen LogP contribution in [0.5, 0.6) is 0 Å². The van der Waals surface area contributed by atoms with E-state index in [1.165, 1.54) is 0 Å². The number of β-amino-alcohol motifs (C(OH)–C–C–N with tert-alkyl or cyclic N) is 1. The molecule has 5 heteroatoms. The first-order valence-corrected chi connectivity index (χ1v) is 6.64. The molecule has 2 aliphatic rings. The van der Waals surface area contributed by atoms with E-state index in [2.05, 4.69) is 4.90 Å². The van der Waals surface area contributed by atoms with Crippen LogP contribution in [0.3, 0.4) is 0 Å². The summed E-state index contributed by atoms with van der Waals surface area (Å²) in [5.41, 5.74) is -0.880. The molecular formula is C13H24N2O3. The van der Waals surface area contributed by atoms with E-state index in [0.717, 1.165) is 13.1 Å². The largest absolute Gasteiger partial charge is 0.388 e. The van der Waals surface area contributed by atoms with E-state index in [9.17, 15) is 9.90 Å². The summed E-state index contributed by atoms with van der Waals surface area (Å²) in [5.74, 6) is 0.116. The van der Waals surface area contributed by atoms with Crippen LogP contribution in [-0.2, 0) is 9.53 Å². The minimum absolute atomic E-state index is 0.116. The minimum atomic E-state index is -0.708. The van der Waals surface area contributed by atoms with Crippen LogP contribution in [0.4, 0.5) is 0 Å². The monoisotopic (exact) mass is 256 g/mol. The number of nitrogens with zero attached hydrogens (tertiary/aromatic N) is 2. The van der Waals surface area contributed by atoms with E-state index >= 15 is 0 Å². The lowest BCUT2D eigenvalue weighted by atomic mass is 10.1. The lowest BCUT2D eigenvalue weighted by Crippen LogP contribution is -2.51. The van der Waals surface area contributed by atoms with Crippen LogP contribution in [0, 0.1) is 0 Å². The second-order valence-corrected chi connectivity index (χ2v) is 6.38. The number of hydrogen-bond donors (Lipinski definition) is 1. The van der Waals surface area contributed by atoms with Gasteiger partial charge >= 0.3 is 0 Å². The first-order chi connectivity index (χ1) is 8.27. The third-order valence-corrected chi connectivity index (χ3v) is 3.67. The van der Waals surface area contributed by atoms with Gasteiger partial charge in [-0.05, 0) is 27.2 Å². The van der Waals surface area contributed by atoms with E-state index < -0.39 is 5.60 Å². The molecule has 1 N–H and O–H groups in total. The normalized spacial score (nSPS) is 32.8. The molecule has 104 valence electrons. The molecule has 18 heavy (non-hydrogen) atoms. The number of rotatable bonds is 2. The molecule has 0 aliphatic carbocycles. The van der Waals surface area contributed by atoms with Crippen LogP contribution in [0.2, 0.25) is 0 Å². The van der Waals surface area contributed by atoms with Crippen molar-refractivity contribution in [3.8, 4) is 0 Å². The summed E-state index contributed by atoms with van der Waals surface area (Å²) in [6.07, 6.45) is 0.674. The second-order valence-electron chi connectivity index (χ2n) is 6.38. The molecule has 1 unspecified atom stereocenters. The molecule has 2 saturated heterocycles. The van der Waals surface area contributed by atoms with Gasteiger partial charge in [-0.2, -0.15) is 0 Å². The molecule has 1 atom stereocenters. The predicted octanol–water partition coefficient (Wildman–Crippen LogP) is 0.0805. The third kappa shape index (κ3) is 3.43. The van der Waals surface area contributed by atoms with Gasteiger partial charge in [0.2, 0.25) is 5.91 Å². The van der Waals surface area contributed by atoms with Gasteiger partial charge < -0.3 is 14.7 Å². The number of carbonyl (C=O) groups is 1. The Kier molecular flexibility index (Phi) is 3.67. The van der Waals surface area contributed by atoms with Crippen LogP contribution < -0.4 is 0 Å². The lowest BCUT2D eigenvalue weighted by molar-refractivity contribution is -0.136. The van der Waals surface area contributed by atoms with Gasteiger partial charge in [0.25, 0.3) is 0 Å². The Morgan fingerprint density at radius 3 is 2.56 bits per heavy atom. The first-order valence-electron chi connectivity index (χ1n) is 6.64. The van der Waals surface area contributed by atoms with Crippen molar-refractivity contribution in [3.05, 3.63) is 0 Å². The Bertz CT molecular complexity index is 328. The number of hydrogen-bond acceptors (Lipinski definition) is 4. The van der Waals surface area contributed by atoms with Gasteiger partial charge in [0.15, 0.2) is 0 Å². The van der Waals surface area contributed by atoms with Crippen LogP contribution in [-0.4, -0.2) is 71.3 Å². The maximum absolute atomic E-state index is 12.1. The topological polar surface area (TPSA) is 53.0 Å². The second kappa shape index (κ2) is 4.79. The fraction of sp³-hybridized carbons (Fsp3) is 0.923. The van der Waals surface area contributed by atoms with Crippen LogP contribution >= 0.6 is 0 Å². The summed E-state index contributed by atoms with van der Waals surface area (Å²) in [7, 11) is 0. The smallest absolute Gasteiger partial charge is 0.236 e. The highest BCUT2D eigenvalue weighted by Gasteiger charge is 2.35. The number of amides is 1. The fourth-order valence-electron chi connectivity index (χ4n) is 2.70. The number of aliphatic hydroxyl groups is 1. The van der Waals surface area contributed by atoms with E-state index in [0.29, 0.717) is 32.7 Å². The molecule has 0 saturated carbocycles. The van der Waals surface area contributed by atoms with Crippen molar-refractivity contribution in [1.82, 2.24) is 9.80 Å². The molecule has 2 fully saturated rings. The number of likely N-dealkylation sites (tertiary alicyclic amines) is 1.